The van der Waals surface area contributed by atoms with Gasteiger partial charge in [-0.3, -0.25) is 20.8 Å². The summed E-state index contributed by atoms with van der Waals surface area (Å²) in [5.41, 5.74) is 19.8. The van der Waals surface area contributed by atoms with Crippen molar-refractivity contribution in [3.63, 3.8) is 0 Å². The summed E-state index contributed by atoms with van der Waals surface area (Å²) in [6.45, 7) is 0. The first kappa shape index (κ1) is 11.9. The molecule has 20 heavy (non-hydrogen) atoms. The van der Waals surface area contributed by atoms with Crippen molar-refractivity contribution < 1.29 is 0 Å². The quantitative estimate of drug-likeness (QED) is 0.600. The number of amidine groups is 2. The standard InChI is InChI=1S/C12H12N8/c13-9-5-15-3-1-7(9)11-17-19-12(20-18-11)8-2-4-16-6-10(8)14/h1-6H,13-14H2,(H,17,18)(H,19,20). The average molecular weight is 268 g/mol. The first-order valence-corrected chi connectivity index (χ1v) is 5.83. The van der Waals surface area contributed by atoms with E-state index >= 15 is 0 Å². The number of anilines is 2. The molecule has 1 aliphatic rings. The average Bonchev–Trinajstić information content (AvgIpc) is 2.49. The Bertz CT molecular complexity index is 645. The van der Waals surface area contributed by atoms with Gasteiger partial charge in [-0.2, -0.15) is 10.2 Å². The summed E-state index contributed by atoms with van der Waals surface area (Å²) in [7, 11) is 0. The molecule has 0 aromatic carbocycles. The van der Waals surface area contributed by atoms with E-state index in [1.165, 1.54) is 0 Å². The number of hydrogen-bond donors (Lipinski definition) is 4. The molecule has 1 aliphatic heterocycles. The number of nitrogens with zero attached hydrogens (tertiary/aromatic N) is 4. The Morgan fingerprint density at radius 1 is 0.750 bits per heavy atom. The van der Waals surface area contributed by atoms with E-state index in [1.807, 2.05) is 0 Å². The SMILES string of the molecule is Nc1cnccc1C1=NNC(c2ccncc2N)=NN1. The molecule has 2 aromatic rings. The number of pyridine rings is 2. The number of rotatable bonds is 2. The molecule has 8 heteroatoms. The second-order valence-corrected chi connectivity index (χ2v) is 4.07. The molecule has 8 nitrogen and oxygen atoms in total. The lowest BCUT2D eigenvalue weighted by Gasteiger charge is -2.16. The second-order valence-electron chi connectivity index (χ2n) is 4.07. The molecule has 0 saturated heterocycles. The Morgan fingerprint density at radius 2 is 1.20 bits per heavy atom. The number of nitrogens with one attached hydrogen (secondary N) is 2. The summed E-state index contributed by atoms with van der Waals surface area (Å²) in [5, 5.41) is 8.40. The van der Waals surface area contributed by atoms with Gasteiger partial charge < -0.3 is 11.5 Å². The van der Waals surface area contributed by atoms with E-state index in [0.717, 1.165) is 11.1 Å². The van der Waals surface area contributed by atoms with Crippen LogP contribution >= 0.6 is 0 Å². The molecule has 0 atom stereocenters. The number of nitrogen functional groups attached to an aromatic ring is 2. The van der Waals surface area contributed by atoms with Crippen LogP contribution in [0.25, 0.3) is 0 Å². The smallest absolute Gasteiger partial charge is 0.176 e. The third-order valence-electron chi connectivity index (χ3n) is 2.76. The van der Waals surface area contributed by atoms with Gasteiger partial charge in [0.1, 0.15) is 0 Å². The van der Waals surface area contributed by atoms with Gasteiger partial charge in [0, 0.05) is 23.5 Å². The first-order valence-electron chi connectivity index (χ1n) is 5.83. The van der Waals surface area contributed by atoms with Gasteiger partial charge in [-0.1, -0.05) is 0 Å². The largest absolute Gasteiger partial charge is 0.397 e. The van der Waals surface area contributed by atoms with Gasteiger partial charge in [-0.25, -0.2) is 0 Å². The van der Waals surface area contributed by atoms with E-state index in [9.17, 15) is 0 Å². The number of aromatic nitrogens is 2. The lowest BCUT2D eigenvalue weighted by Crippen LogP contribution is -2.35. The van der Waals surface area contributed by atoms with Crippen molar-refractivity contribution in [3.8, 4) is 0 Å². The van der Waals surface area contributed by atoms with Crippen molar-refractivity contribution >= 4 is 23.0 Å². The topological polar surface area (TPSA) is 127 Å². The van der Waals surface area contributed by atoms with Crippen molar-refractivity contribution in [2.45, 2.75) is 0 Å². The number of hydrogen-bond acceptors (Lipinski definition) is 8. The van der Waals surface area contributed by atoms with Crippen LogP contribution in [0.2, 0.25) is 0 Å². The summed E-state index contributed by atoms with van der Waals surface area (Å²) in [6.07, 6.45) is 6.38. The Balaban J connectivity index is 1.85. The maximum absolute atomic E-state index is 5.83. The lowest BCUT2D eigenvalue weighted by atomic mass is 10.2. The molecule has 3 heterocycles. The lowest BCUT2D eigenvalue weighted by molar-refractivity contribution is 0.883. The molecule has 0 saturated carbocycles. The van der Waals surface area contributed by atoms with Gasteiger partial charge in [-0.05, 0) is 12.1 Å². The Hall–Kier alpha value is -3.16. The van der Waals surface area contributed by atoms with E-state index in [0.29, 0.717) is 23.0 Å². The monoisotopic (exact) mass is 268 g/mol. The van der Waals surface area contributed by atoms with Gasteiger partial charge in [0.2, 0.25) is 0 Å². The summed E-state index contributed by atoms with van der Waals surface area (Å²) in [6, 6.07) is 3.51. The first-order chi connectivity index (χ1) is 9.75. The van der Waals surface area contributed by atoms with Crippen molar-refractivity contribution in [3.05, 3.63) is 48.0 Å². The molecule has 0 bridgehead atoms. The van der Waals surface area contributed by atoms with Gasteiger partial charge >= 0.3 is 0 Å². The van der Waals surface area contributed by atoms with Crippen LogP contribution in [0.5, 0.6) is 0 Å². The van der Waals surface area contributed by atoms with Crippen molar-refractivity contribution in [2.75, 3.05) is 11.5 Å². The molecule has 3 rings (SSSR count). The van der Waals surface area contributed by atoms with Gasteiger partial charge in [0.15, 0.2) is 11.7 Å². The maximum atomic E-state index is 5.83. The fraction of sp³-hybridized carbons (Fsp3) is 0. The highest BCUT2D eigenvalue weighted by Gasteiger charge is 2.14. The van der Waals surface area contributed by atoms with Crippen LogP contribution in [-0.2, 0) is 0 Å². The zero-order valence-electron chi connectivity index (χ0n) is 10.4. The highest BCUT2D eigenvalue weighted by atomic mass is 15.5. The van der Waals surface area contributed by atoms with E-state index < -0.39 is 0 Å². The molecule has 0 unspecified atom stereocenters. The molecule has 0 spiro atoms. The minimum atomic E-state index is 0.515. The molecular formula is C12H12N8. The zero-order chi connectivity index (χ0) is 13.9. The second kappa shape index (κ2) is 4.84. The highest BCUT2D eigenvalue weighted by Crippen LogP contribution is 2.13. The van der Waals surface area contributed by atoms with Crippen LogP contribution < -0.4 is 22.3 Å². The van der Waals surface area contributed by atoms with E-state index in [-0.39, 0.29) is 0 Å². The van der Waals surface area contributed by atoms with Gasteiger partial charge in [0.25, 0.3) is 0 Å². The van der Waals surface area contributed by atoms with Crippen molar-refractivity contribution in [1.82, 2.24) is 20.8 Å². The molecule has 0 radical (unpaired) electrons. The maximum Gasteiger partial charge on any atom is 0.176 e. The van der Waals surface area contributed by atoms with E-state index in [4.69, 9.17) is 11.5 Å². The number of nitrogens with two attached hydrogens (primary N) is 2. The third kappa shape index (κ3) is 2.09. The van der Waals surface area contributed by atoms with Crippen LogP contribution in [0.4, 0.5) is 11.4 Å². The van der Waals surface area contributed by atoms with Gasteiger partial charge in [0.05, 0.1) is 23.8 Å². The summed E-state index contributed by atoms with van der Waals surface area (Å²) in [4.78, 5) is 7.85. The summed E-state index contributed by atoms with van der Waals surface area (Å²) in [5.74, 6) is 1.03. The normalized spacial score (nSPS) is 13.8. The van der Waals surface area contributed by atoms with E-state index in [2.05, 4.69) is 31.0 Å². The Morgan fingerprint density at radius 3 is 1.55 bits per heavy atom. The predicted octanol–water partition coefficient (Wildman–Crippen LogP) is -0.143. The minimum absolute atomic E-state index is 0.515. The number of hydrazone groups is 2. The Kier molecular flexibility index (Phi) is 2.88. The molecule has 0 fully saturated rings. The zero-order valence-corrected chi connectivity index (χ0v) is 10.4. The predicted molar refractivity (Wildman–Crippen MR) is 76.6 cm³/mol. The van der Waals surface area contributed by atoms with Crippen LogP contribution in [0.3, 0.4) is 0 Å². The van der Waals surface area contributed by atoms with E-state index in [1.54, 1.807) is 36.9 Å². The molecular weight excluding hydrogens is 256 g/mol. The highest BCUT2D eigenvalue weighted by molar-refractivity contribution is 6.09. The third-order valence-corrected chi connectivity index (χ3v) is 2.76. The fourth-order valence-corrected chi connectivity index (χ4v) is 1.75. The van der Waals surface area contributed by atoms with Crippen LogP contribution in [0.1, 0.15) is 11.1 Å². The van der Waals surface area contributed by atoms with Crippen LogP contribution in [0, 0.1) is 0 Å². The van der Waals surface area contributed by atoms with Crippen molar-refractivity contribution in [2.24, 2.45) is 10.2 Å². The van der Waals surface area contributed by atoms with Crippen LogP contribution in [-0.4, -0.2) is 21.6 Å². The Labute approximate surface area is 114 Å². The summed E-state index contributed by atoms with van der Waals surface area (Å²) < 4.78 is 0. The molecule has 100 valence electrons. The molecule has 0 amide bonds. The fourth-order valence-electron chi connectivity index (χ4n) is 1.75. The van der Waals surface area contributed by atoms with Crippen molar-refractivity contribution in [1.29, 1.82) is 0 Å². The van der Waals surface area contributed by atoms with Crippen LogP contribution in [0.15, 0.2) is 47.1 Å². The molecule has 0 aliphatic carbocycles. The minimum Gasteiger partial charge on any atom is -0.397 e. The van der Waals surface area contributed by atoms with Gasteiger partial charge in [-0.15, -0.1) is 0 Å². The molecule has 6 N–H and O–H groups in total. The molecule has 2 aromatic heterocycles. The summed E-state index contributed by atoms with van der Waals surface area (Å²) >= 11 is 0.